The second-order valence-electron chi connectivity index (χ2n) is 4.50. The van der Waals surface area contributed by atoms with Crippen LogP contribution in [0.4, 0.5) is 15.8 Å². The van der Waals surface area contributed by atoms with Crippen molar-refractivity contribution in [2.45, 2.75) is 12.8 Å². The van der Waals surface area contributed by atoms with Crippen LogP contribution in [0.2, 0.25) is 0 Å². The predicted molar refractivity (Wildman–Crippen MR) is 67.3 cm³/mol. The maximum atomic E-state index is 13.6. The van der Waals surface area contributed by atoms with Crippen LogP contribution in [0.15, 0.2) is 18.2 Å². The summed E-state index contributed by atoms with van der Waals surface area (Å²) >= 11 is 0. The largest absolute Gasteiger partial charge is 0.318 e. The van der Waals surface area contributed by atoms with Gasteiger partial charge in [0.1, 0.15) is 0 Å². The first-order valence-corrected chi connectivity index (χ1v) is 6.01. The van der Waals surface area contributed by atoms with Gasteiger partial charge in [-0.15, -0.1) is 0 Å². The number of nitro benzene ring substituents is 1. The van der Waals surface area contributed by atoms with Crippen molar-refractivity contribution >= 4 is 17.3 Å². The van der Waals surface area contributed by atoms with E-state index in [9.17, 15) is 19.3 Å². The Morgan fingerprint density at radius 1 is 1.58 bits per heavy atom. The zero-order chi connectivity index (χ0) is 13.8. The van der Waals surface area contributed by atoms with Crippen LogP contribution in [-0.2, 0) is 4.79 Å². The van der Waals surface area contributed by atoms with Crippen LogP contribution in [0.25, 0.3) is 0 Å². The second-order valence-corrected chi connectivity index (χ2v) is 4.50. The molecular formula is C12H14FN3O3. The highest BCUT2D eigenvalue weighted by Gasteiger charge is 2.22. The first-order valence-electron chi connectivity index (χ1n) is 6.01. The highest BCUT2D eigenvalue weighted by atomic mass is 19.1. The van der Waals surface area contributed by atoms with Gasteiger partial charge in [-0.05, 0) is 31.5 Å². The summed E-state index contributed by atoms with van der Waals surface area (Å²) < 4.78 is 13.6. The number of benzene rings is 1. The van der Waals surface area contributed by atoms with Gasteiger partial charge in [0.05, 0.1) is 4.92 Å². The van der Waals surface area contributed by atoms with Gasteiger partial charge < -0.3 is 10.6 Å². The number of anilines is 1. The van der Waals surface area contributed by atoms with Gasteiger partial charge in [0.25, 0.3) is 5.69 Å². The van der Waals surface area contributed by atoms with E-state index < -0.39 is 22.3 Å². The Balaban J connectivity index is 2.09. The number of carbonyl (C=O) groups is 1. The van der Waals surface area contributed by atoms with Crippen molar-refractivity contribution in [2.75, 3.05) is 18.4 Å². The molecule has 0 aliphatic carbocycles. The summed E-state index contributed by atoms with van der Waals surface area (Å²) in [6.07, 6.45) is 1.12. The van der Waals surface area contributed by atoms with E-state index >= 15 is 0 Å². The molecule has 1 aliphatic heterocycles. The van der Waals surface area contributed by atoms with Crippen molar-refractivity contribution in [3.05, 3.63) is 34.1 Å². The third-order valence-electron chi connectivity index (χ3n) is 3.09. The summed E-state index contributed by atoms with van der Waals surface area (Å²) in [5.41, 5.74) is -0.790. The lowest BCUT2D eigenvalue weighted by atomic mass is 10.0. The van der Waals surface area contributed by atoms with Crippen LogP contribution >= 0.6 is 0 Å². The Hall–Kier alpha value is -2.02. The Morgan fingerprint density at radius 2 is 2.37 bits per heavy atom. The summed E-state index contributed by atoms with van der Waals surface area (Å²) in [4.78, 5) is 21.8. The summed E-state index contributed by atoms with van der Waals surface area (Å²) in [7, 11) is 0. The van der Waals surface area contributed by atoms with Gasteiger partial charge in [0.2, 0.25) is 5.91 Å². The maximum Gasteiger partial charge on any atom is 0.295 e. The topological polar surface area (TPSA) is 84.3 Å². The summed E-state index contributed by atoms with van der Waals surface area (Å²) in [6.45, 7) is 1.60. The number of nitrogens with zero attached hydrogens (tertiary/aromatic N) is 1. The number of hydrogen-bond acceptors (Lipinski definition) is 4. The van der Waals surface area contributed by atoms with Crippen LogP contribution < -0.4 is 10.6 Å². The number of nitrogens with one attached hydrogen (secondary N) is 2. The number of hydrogen-bond donors (Lipinski definition) is 2. The van der Waals surface area contributed by atoms with Crippen molar-refractivity contribution in [2.24, 2.45) is 5.92 Å². The van der Waals surface area contributed by atoms with Crippen LogP contribution in [-0.4, -0.2) is 23.9 Å². The third-order valence-corrected chi connectivity index (χ3v) is 3.09. The minimum Gasteiger partial charge on any atom is -0.318 e. The smallest absolute Gasteiger partial charge is 0.295 e. The molecule has 1 aromatic rings. The lowest BCUT2D eigenvalue weighted by molar-refractivity contribution is -0.384. The predicted octanol–water partition coefficient (Wildman–Crippen LogP) is 1.67. The Labute approximate surface area is 109 Å². The fraction of sp³-hybridized carbons (Fsp3) is 0.417. The number of rotatable bonds is 4. The van der Waals surface area contributed by atoms with Crippen molar-refractivity contribution in [3.8, 4) is 0 Å². The zero-order valence-corrected chi connectivity index (χ0v) is 10.2. The zero-order valence-electron chi connectivity index (χ0n) is 10.2. The number of amides is 1. The standard InChI is InChI=1S/C12H14FN3O3/c13-9-2-1-3-10(16(18)19)12(9)15-11(17)6-8-4-5-14-7-8/h1-3,8,14H,4-7H2,(H,15,17). The monoisotopic (exact) mass is 267 g/mol. The van der Waals surface area contributed by atoms with E-state index in [2.05, 4.69) is 10.6 Å². The molecule has 7 heteroatoms. The molecule has 2 N–H and O–H groups in total. The van der Waals surface area contributed by atoms with E-state index in [0.29, 0.717) is 0 Å². The van der Waals surface area contributed by atoms with E-state index in [1.165, 1.54) is 6.07 Å². The van der Waals surface area contributed by atoms with Gasteiger partial charge >= 0.3 is 0 Å². The van der Waals surface area contributed by atoms with Gasteiger partial charge in [0.15, 0.2) is 11.5 Å². The Kier molecular flexibility index (Phi) is 4.06. The van der Waals surface area contributed by atoms with Crippen LogP contribution in [0.1, 0.15) is 12.8 Å². The first-order chi connectivity index (χ1) is 9.08. The van der Waals surface area contributed by atoms with E-state index in [1.807, 2.05) is 0 Å². The van der Waals surface area contributed by atoms with Crippen molar-refractivity contribution in [1.29, 1.82) is 0 Å². The molecule has 1 heterocycles. The summed E-state index contributed by atoms with van der Waals surface area (Å²) in [5, 5.41) is 16.2. The molecule has 0 saturated carbocycles. The molecule has 1 saturated heterocycles. The molecule has 0 spiro atoms. The third kappa shape index (κ3) is 3.25. The van der Waals surface area contributed by atoms with Gasteiger partial charge in [-0.25, -0.2) is 4.39 Å². The van der Waals surface area contributed by atoms with Gasteiger partial charge in [-0.3, -0.25) is 14.9 Å². The minimum atomic E-state index is -0.799. The SMILES string of the molecule is O=C(CC1CCNC1)Nc1c(F)cccc1[N+](=O)[O-]. The van der Waals surface area contributed by atoms with E-state index in [-0.39, 0.29) is 18.0 Å². The van der Waals surface area contributed by atoms with Crippen LogP contribution in [0, 0.1) is 21.8 Å². The number of halogens is 1. The molecular weight excluding hydrogens is 253 g/mol. The lowest BCUT2D eigenvalue weighted by Gasteiger charge is -2.10. The Morgan fingerprint density at radius 3 is 3.00 bits per heavy atom. The van der Waals surface area contributed by atoms with Crippen LogP contribution in [0.5, 0.6) is 0 Å². The highest BCUT2D eigenvalue weighted by Crippen LogP contribution is 2.27. The molecule has 1 fully saturated rings. The Bertz CT molecular complexity index is 501. The molecule has 1 unspecified atom stereocenters. The molecule has 2 rings (SSSR count). The fourth-order valence-electron chi connectivity index (χ4n) is 2.13. The van der Waals surface area contributed by atoms with E-state index in [4.69, 9.17) is 0 Å². The molecule has 1 amide bonds. The fourth-order valence-corrected chi connectivity index (χ4v) is 2.13. The van der Waals surface area contributed by atoms with Crippen molar-refractivity contribution < 1.29 is 14.1 Å². The first kappa shape index (κ1) is 13.4. The van der Waals surface area contributed by atoms with E-state index in [1.54, 1.807) is 0 Å². The van der Waals surface area contributed by atoms with Gasteiger partial charge in [-0.1, -0.05) is 6.07 Å². The van der Waals surface area contributed by atoms with Gasteiger partial charge in [-0.2, -0.15) is 0 Å². The van der Waals surface area contributed by atoms with Crippen molar-refractivity contribution in [3.63, 3.8) is 0 Å². The number of carbonyl (C=O) groups excluding carboxylic acids is 1. The average molecular weight is 267 g/mol. The molecule has 1 atom stereocenters. The normalized spacial score (nSPS) is 18.3. The van der Waals surface area contributed by atoms with E-state index in [0.717, 1.165) is 31.6 Å². The molecule has 1 aromatic carbocycles. The summed E-state index contributed by atoms with van der Waals surface area (Å²) in [5.74, 6) is -1.00. The molecule has 102 valence electrons. The molecule has 6 nitrogen and oxygen atoms in total. The summed E-state index contributed by atoms with van der Waals surface area (Å²) in [6, 6.07) is 3.49. The van der Waals surface area contributed by atoms with Crippen molar-refractivity contribution in [1.82, 2.24) is 5.32 Å². The maximum absolute atomic E-state index is 13.6. The van der Waals surface area contributed by atoms with Crippen LogP contribution in [0.3, 0.4) is 0 Å². The quantitative estimate of drug-likeness (QED) is 0.642. The molecule has 1 aliphatic rings. The second kappa shape index (κ2) is 5.75. The molecule has 0 bridgehead atoms. The van der Waals surface area contributed by atoms with Gasteiger partial charge in [0, 0.05) is 12.5 Å². The number of nitro groups is 1. The average Bonchev–Trinajstić information content (AvgIpc) is 2.84. The lowest BCUT2D eigenvalue weighted by Crippen LogP contribution is -2.19. The molecule has 19 heavy (non-hydrogen) atoms. The number of para-hydroxylation sites is 1. The minimum absolute atomic E-state index is 0.200. The molecule has 0 aromatic heterocycles. The highest BCUT2D eigenvalue weighted by molar-refractivity contribution is 5.93. The molecule has 0 radical (unpaired) electrons.